The maximum absolute atomic E-state index is 14.0. The van der Waals surface area contributed by atoms with E-state index in [1.807, 2.05) is 0 Å². The Morgan fingerprint density at radius 3 is 2.19 bits per heavy atom. The molecule has 2 N–H and O–H groups in total. The lowest BCUT2D eigenvalue weighted by Crippen LogP contribution is -2.59. The van der Waals surface area contributed by atoms with E-state index in [-0.39, 0.29) is 28.5 Å². The van der Waals surface area contributed by atoms with E-state index in [4.69, 9.17) is 0 Å². The van der Waals surface area contributed by atoms with Crippen LogP contribution < -0.4 is 5.32 Å². The summed E-state index contributed by atoms with van der Waals surface area (Å²) >= 11 is 2.19. The van der Waals surface area contributed by atoms with Gasteiger partial charge < -0.3 is 14.9 Å². The van der Waals surface area contributed by atoms with Gasteiger partial charge in [0.05, 0.1) is 23.2 Å². The number of amides is 2. The summed E-state index contributed by atoms with van der Waals surface area (Å²) in [4.78, 5) is 28.2. The first-order chi connectivity index (χ1) is 19.3. The number of likely N-dealkylation sites (tertiary alicyclic amines) is 1. The molecule has 2 aromatic rings. The first kappa shape index (κ1) is 32.3. The van der Waals surface area contributed by atoms with Crippen molar-refractivity contribution in [3.8, 4) is 0 Å². The number of aryl methyl sites for hydroxylation is 1. The Labute approximate surface area is 251 Å². The zero-order valence-electron chi connectivity index (χ0n) is 22.8. The summed E-state index contributed by atoms with van der Waals surface area (Å²) in [7, 11) is 1.30. The van der Waals surface area contributed by atoms with E-state index in [1.54, 1.807) is 6.92 Å². The van der Waals surface area contributed by atoms with Crippen molar-refractivity contribution in [1.29, 1.82) is 0 Å². The summed E-state index contributed by atoms with van der Waals surface area (Å²) in [5, 5.41) is 12.8. The fourth-order valence-corrected chi connectivity index (χ4v) is 7.13. The highest BCUT2D eigenvalue weighted by Crippen LogP contribution is 2.47. The van der Waals surface area contributed by atoms with Crippen molar-refractivity contribution >= 4 is 34.6 Å². The van der Waals surface area contributed by atoms with Crippen molar-refractivity contribution < 1.29 is 45.4 Å². The molecule has 6 nitrogen and oxygen atoms in total. The Balaban J connectivity index is 1.70. The van der Waals surface area contributed by atoms with Gasteiger partial charge in [-0.05, 0) is 80.1 Å². The Morgan fingerprint density at radius 2 is 1.69 bits per heavy atom. The predicted octanol–water partition coefficient (Wildman–Crippen LogP) is 7.11. The molecule has 1 spiro atoms. The highest BCUT2D eigenvalue weighted by molar-refractivity contribution is 14.1. The Bertz CT molecular complexity index is 1340. The number of alkyl halides is 7. The van der Waals surface area contributed by atoms with Crippen LogP contribution in [0.15, 0.2) is 36.4 Å². The highest BCUT2D eigenvalue weighted by Gasteiger charge is 2.53. The zero-order valence-corrected chi connectivity index (χ0v) is 24.9. The standard InChI is InChI=1S/C28H29F7IN3O3/c1-14-8-19(29)4-5-20(14)22-13-26(23(36)12-21(37-26)24(40)41)6-7-39(22)25(42)38(3)15(2)16-9-17(27(30,31)32)11-18(10-16)28(33,34)35/h4-5,8-11,15,21-23,37H,6-7,12-13H2,1-3H3,(H,40,41)/t15-,21-,22-,23?,26?/m1/s1. The van der Waals surface area contributed by atoms with Crippen molar-refractivity contribution in [1.82, 2.24) is 15.1 Å². The van der Waals surface area contributed by atoms with Gasteiger partial charge in [-0.1, -0.05) is 28.7 Å². The quantitative estimate of drug-likeness (QED) is 0.201. The average molecular weight is 715 g/mol. The topological polar surface area (TPSA) is 72.9 Å². The molecule has 0 bridgehead atoms. The van der Waals surface area contributed by atoms with Crippen LogP contribution >= 0.6 is 22.6 Å². The Morgan fingerprint density at radius 1 is 1.10 bits per heavy atom. The molecule has 2 fully saturated rings. The molecular weight excluding hydrogens is 686 g/mol. The van der Waals surface area contributed by atoms with Gasteiger partial charge in [-0.3, -0.25) is 10.1 Å². The molecule has 230 valence electrons. The SMILES string of the molecule is Cc1cc(F)ccc1[C@H]1CC2(CCN1C(=O)N(C)[C@H](C)c1cc(C(F)(F)F)cc(C(F)(F)F)c1)N[C@@H](C(=O)O)CC2I. The van der Waals surface area contributed by atoms with Crippen LogP contribution in [-0.4, -0.2) is 56.0 Å². The van der Waals surface area contributed by atoms with Gasteiger partial charge in [-0.15, -0.1) is 0 Å². The summed E-state index contributed by atoms with van der Waals surface area (Å²) in [6.45, 7) is 3.13. The number of urea groups is 1. The van der Waals surface area contributed by atoms with Crippen LogP contribution in [0.1, 0.15) is 66.1 Å². The number of hydrogen-bond acceptors (Lipinski definition) is 3. The molecule has 5 atom stereocenters. The maximum Gasteiger partial charge on any atom is 0.416 e. The lowest BCUT2D eigenvalue weighted by molar-refractivity contribution is -0.143. The predicted molar refractivity (Wildman–Crippen MR) is 148 cm³/mol. The van der Waals surface area contributed by atoms with Gasteiger partial charge in [-0.2, -0.15) is 26.3 Å². The Hall–Kier alpha value is -2.62. The van der Waals surface area contributed by atoms with E-state index >= 15 is 0 Å². The van der Waals surface area contributed by atoms with Crippen molar-refractivity contribution in [3.63, 3.8) is 0 Å². The van der Waals surface area contributed by atoms with E-state index in [0.29, 0.717) is 36.1 Å². The number of benzene rings is 2. The number of carboxylic acids is 1. The monoisotopic (exact) mass is 715 g/mol. The largest absolute Gasteiger partial charge is 0.480 e. The first-order valence-electron chi connectivity index (χ1n) is 13.1. The van der Waals surface area contributed by atoms with Crippen molar-refractivity contribution in [2.75, 3.05) is 13.6 Å². The molecule has 0 aromatic heterocycles. The minimum atomic E-state index is -5.04. The van der Waals surface area contributed by atoms with Gasteiger partial charge in [0.2, 0.25) is 0 Å². The normalized spacial score (nSPS) is 25.5. The zero-order chi connectivity index (χ0) is 31.4. The lowest BCUT2D eigenvalue weighted by atomic mass is 9.79. The molecule has 2 heterocycles. The molecule has 4 rings (SSSR count). The van der Waals surface area contributed by atoms with Crippen LogP contribution in [0.3, 0.4) is 0 Å². The molecule has 42 heavy (non-hydrogen) atoms. The third kappa shape index (κ3) is 6.33. The summed E-state index contributed by atoms with van der Waals surface area (Å²) in [6.07, 6.45) is -9.10. The van der Waals surface area contributed by atoms with Crippen molar-refractivity contribution in [2.24, 2.45) is 0 Å². The number of nitrogens with one attached hydrogen (secondary N) is 1. The first-order valence-corrected chi connectivity index (χ1v) is 14.3. The molecule has 14 heteroatoms. The molecule has 2 aromatic carbocycles. The fraction of sp³-hybridized carbons (Fsp3) is 0.500. The molecule has 2 unspecified atom stereocenters. The number of carboxylic acid groups (broad SMARTS) is 1. The highest BCUT2D eigenvalue weighted by atomic mass is 127. The van der Waals surface area contributed by atoms with Crippen molar-refractivity contribution in [2.45, 2.75) is 73.1 Å². The van der Waals surface area contributed by atoms with Gasteiger partial charge in [0.15, 0.2) is 0 Å². The molecule has 0 radical (unpaired) electrons. The average Bonchev–Trinajstić information content (AvgIpc) is 3.21. The summed E-state index contributed by atoms with van der Waals surface area (Å²) < 4.78 is 94.8. The van der Waals surface area contributed by atoms with Crippen molar-refractivity contribution in [3.05, 3.63) is 70.0 Å². The van der Waals surface area contributed by atoms with Gasteiger partial charge in [-0.25, -0.2) is 9.18 Å². The Kier molecular flexibility index (Phi) is 8.82. The molecule has 0 saturated carbocycles. The molecule has 2 aliphatic heterocycles. The summed E-state index contributed by atoms with van der Waals surface area (Å²) in [5.74, 6) is -1.50. The second-order valence-electron chi connectivity index (χ2n) is 11.0. The van der Waals surface area contributed by atoms with E-state index in [1.165, 1.54) is 37.1 Å². The molecule has 2 aliphatic rings. The maximum atomic E-state index is 14.0. The lowest BCUT2D eigenvalue weighted by Gasteiger charge is -2.48. The number of carbonyl (C=O) groups is 2. The van der Waals surface area contributed by atoms with E-state index in [2.05, 4.69) is 27.9 Å². The summed E-state index contributed by atoms with van der Waals surface area (Å²) in [5.41, 5.74) is -2.83. The minimum Gasteiger partial charge on any atom is -0.480 e. The third-order valence-corrected chi connectivity index (χ3v) is 10.0. The number of hydrogen-bond donors (Lipinski definition) is 2. The third-order valence-electron chi connectivity index (χ3n) is 8.35. The fourth-order valence-electron chi connectivity index (χ4n) is 5.87. The molecule has 2 amide bonds. The number of aliphatic carboxylic acids is 1. The van der Waals surface area contributed by atoms with Crippen LogP contribution in [0.2, 0.25) is 0 Å². The number of nitrogens with zero attached hydrogens (tertiary/aromatic N) is 2. The van der Waals surface area contributed by atoms with Crippen LogP contribution in [-0.2, 0) is 17.1 Å². The smallest absolute Gasteiger partial charge is 0.416 e. The van der Waals surface area contributed by atoms with Gasteiger partial charge in [0.1, 0.15) is 11.9 Å². The van der Waals surface area contributed by atoms with Gasteiger partial charge in [0.25, 0.3) is 0 Å². The number of rotatable bonds is 4. The van der Waals surface area contributed by atoms with Crippen LogP contribution in [0.4, 0.5) is 35.5 Å². The number of halogens is 8. The van der Waals surface area contributed by atoms with Crippen LogP contribution in [0.5, 0.6) is 0 Å². The number of piperidine rings is 1. The number of carbonyl (C=O) groups excluding carboxylic acids is 1. The van der Waals surface area contributed by atoms with Crippen LogP contribution in [0, 0.1) is 12.7 Å². The second kappa shape index (κ2) is 11.5. The van der Waals surface area contributed by atoms with Gasteiger partial charge in [0, 0.05) is 23.1 Å². The van der Waals surface area contributed by atoms with Crippen LogP contribution in [0.25, 0.3) is 0 Å². The van der Waals surface area contributed by atoms with Gasteiger partial charge >= 0.3 is 24.4 Å². The minimum absolute atomic E-state index is 0.0366. The molecular formula is C28H29F7IN3O3. The summed E-state index contributed by atoms with van der Waals surface area (Å²) in [6, 6.07) is 2.03. The van der Waals surface area contributed by atoms with E-state index in [0.717, 1.165) is 4.90 Å². The second-order valence-corrected chi connectivity index (χ2v) is 12.5. The molecule has 2 saturated heterocycles. The van der Waals surface area contributed by atoms with E-state index < -0.39 is 65.0 Å². The van der Waals surface area contributed by atoms with E-state index in [9.17, 15) is 45.4 Å². The molecule has 0 aliphatic carbocycles.